The molecule has 1 heterocycles. The summed E-state index contributed by atoms with van der Waals surface area (Å²) < 4.78 is 26.2. The quantitative estimate of drug-likeness (QED) is 0.900. The van der Waals surface area contributed by atoms with E-state index in [1.165, 1.54) is 25.0 Å². The molecule has 1 nitrogen and oxygen atoms in total. The van der Waals surface area contributed by atoms with E-state index in [-0.39, 0.29) is 6.04 Å². The van der Waals surface area contributed by atoms with Gasteiger partial charge in [-0.1, -0.05) is 12.5 Å². The minimum atomic E-state index is -0.535. The molecule has 0 amide bonds. The average molecular weight is 257 g/mol. The molecule has 2 atom stereocenters. The third kappa shape index (κ3) is 3.42. The molecule has 0 saturated carbocycles. The van der Waals surface area contributed by atoms with E-state index in [4.69, 9.17) is 5.73 Å². The van der Waals surface area contributed by atoms with Crippen LogP contribution in [0.5, 0.6) is 0 Å². The lowest BCUT2D eigenvalue weighted by Gasteiger charge is -2.27. The van der Waals surface area contributed by atoms with Crippen LogP contribution in [0.2, 0.25) is 0 Å². The Labute approximate surface area is 105 Å². The van der Waals surface area contributed by atoms with Gasteiger partial charge in [-0.3, -0.25) is 0 Å². The molecule has 2 rings (SSSR count). The van der Waals surface area contributed by atoms with Crippen molar-refractivity contribution in [2.75, 3.05) is 5.75 Å². The van der Waals surface area contributed by atoms with Crippen LogP contribution in [0.25, 0.3) is 0 Å². The lowest BCUT2D eigenvalue weighted by atomic mass is 10.00. The van der Waals surface area contributed by atoms with Crippen molar-refractivity contribution in [2.24, 2.45) is 5.73 Å². The monoisotopic (exact) mass is 257 g/mol. The molecule has 1 aliphatic heterocycles. The predicted octanol–water partition coefficient (Wildman–Crippen LogP) is 3.12. The maximum Gasteiger partial charge on any atom is 0.129 e. The van der Waals surface area contributed by atoms with E-state index in [1.54, 1.807) is 0 Å². The Kier molecular flexibility index (Phi) is 4.40. The molecule has 1 saturated heterocycles. The fourth-order valence-corrected chi connectivity index (χ4v) is 3.53. The lowest BCUT2D eigenvalue weighted by Crippen LogP contribution is -2.36. The summed E-state index contributed by atoms with van der Waals surface area (Å²) in [5.74, 6) is 0.123. The minimum Gasteiger partial charge on any atom is -0.326 e. The summed E-state index contributed by atoms with van der Waals surface area (Å²) >= 11 is 1.88. The van der Waals surface area contributed by atoms with E-state index in [0.29, 0.717) is 17.2 Å². The maximum absolute atomic E-state index is 13.5. The van der Waals surface area contributed by atoms with Crippen molar-refractivity contribution >= 4 is 11.8 Å². The number of hydrogen-bond donors (Lipinski definition) is 1. The zero-order valence-corrected chi connectivity index (χ0v) is 10.5. The van der Waals surface area contributed by atoms with Crippen molar-refractivity contribution in [3.05, 3.63) is 35.4 Å². The van der Waals surface area contributed by atoms with Crippen molar-refractivity contribution < 1.29 is 8.78 Å². The van der Waals surface area contributed by atoms with Gasteiger partial charge < -0.3 is 5.73 Å². The highest BCUT2D eigenvalue weighted by Crippen LogP contribution is 2.28. The summed E-state index contributed by atoms with van der Waals surface area (Å²) in [7, 11) is 0. The van der Waals surface area contributed by atoms with Gasteiger partial charge in [-0.05, 0) is 36.6 Å². The van der Waals surface area contributed by atoms with Gasteiger partial charge in [0.2, 0.25) is 0 Å². The van der Waals surface area contributed by atoms with Gasteiger partial charge in [-0.2, -0.15) is 11.8 Å². The molecule has 0 spiro atoms. The highest BCUT2D eigenvalue weighted by atomic mass is 32.2. The Morgan fingerprint density at radius 1 is 1.35 bits per heavy atom. The SMILES string of the molecule is NC(Cc1ccc(F)cc1F)C1CCCCS1. The summed E-state index contributed by atoms with van der Waals surface area (Å²) in [5, 5.41) is 0.410. The zero-order chi connectivity index (χ0) is 12.3. The molecule has 1 fully saturated rings. The Morgan fingerprint density at radius 2 is 2.18 bits per heavy atom. The van der Waals surface area contributed by atoms with Crippen molar-refractivity contribution in [1.82, 2.24) is 0 Å². The molecule has 1 aromatic rings. The Hall–Kier alpha value is -0.610. The molecular weight excluding hydrogens is 240 g/mol. The molecule has 94 valence electrons. The number of halogens is 2. The van der Waals surface area contributed by atoms with E-state index in [0.717, 1.165) is 18.2 Å². The molecule has 0 bridgehead atoms. The van der Waals surface area contributed by atoms with Gasteiger partial charge in [0, 0.05) is 17.4 Å². The Balaban J connectivity index is 1.99. The number of rotatable bonds is 3. The van der Waals surface area contributed by atoms with Crippen molar-refractivity contribution in [2.45, 2.75) is 37.0 Å². The zero-order valence-electron chi connectivity index (χ0n) is 9.66. The summed E-state index contributed by atoms with van der Waals surface area (Å²) in [6.07, 6.45) is 4.05. The van der Waals surface area contributed by atoms with Gasteiger partial charge in [-0.25, -0.2) is 8.78 Å². The van der Waals surface area contributed by atoms with Crippen LogP contribution in [0.15, 0.2) is 18.2 Å². The molecule has 1 aromatic carbocycles. The molecule has 17 heavy (non-hydrogen) atoms. The maximum atomic E-state index is 13.5. The van der Waals surface area contributed by atoms with Crippen LogP contribution in [-0.4, -0.2) is 17.0 Å². The molecule has 0 aliphatic carbocycles. The number of benzene rings is 1. The first-order valence-electron chi connectivity index (χ1n) is 5.98. The second-order valence-electron chi connectivity index (χ2n) is 4.51. The first kappa shape index (κ1) is 12.8. The van der Waals surface area contributed by atoms with Crippen LogP contribution < -0.4 is 5.73 Å². The molecule has 2 N–H and O–H groups in total. The second kappa shape index (κ2) is 5.83. The van der Waals surface area contributed by atoms with Gasteiger partial charge in [0.25, 0.3) is 0 Å². The van der Waals surface area contributed by atoms with Crippen LogP contribution in [0.3, 0.4) is 0 Å². The summed E-state index contributed by atoms with van der Waals surface area (Å²) in [6.45, 7) is 0. The molecule has 2 unspecified atom stereocenters. The standard InChI is InChI=1S/C13H17F2NS/c14-10-5-4-9(11(15)8-10)7-12(16)13-3-1-2-6-17-13/h4-5,8,12-13H,1-3,6-7,16H2. The normalized spacial score (nSPS) is 22.4. The van der Waals surface area contributed by atoms with Crippen LogP contribution in [0, 0.1) is 11.6 Å². The van der Waals surface area contributed by atoms with Crippen molar-refractivity contribution in [3.8, 4) is 0 Å². The van der Waals surface area contributed by atoms with Crippen molar-refractivity contribution in [1.29, 1.82) is 0 Å². The molecule has 4 heteroatoms. The van der Waals surface area contributed by atoms with Crippen LogP contribution in [0.1, 0.15) is 24.8 Å². The average Bonchev–Trinajstić information content (AvgIpc) is 2.34. The number of nitrogens with two attached hydrogens (primary N) is 1. The first-order chi connectivity index (χ1) is 8.16. The van der Waals surface area contributed by atoms with E-state index < -0.39 is 11.6 Å². The third-order valence-electron chi connectivity index (χ3n) is 3.16. The van der Waals surface area contributed by atoms with E-state index >= 15 is 0 Å². The first-order valence-corrected chi connectivity index (χ1v) is 7.03. The summed E-state index contributed by atoms with van der Waals surface area (Å²) in [5.41, 5.74) is 6.62. The smallest absolute Gasteiger partial charge is 0.129 e. The van der Waals surface area contributed by atoms with Crippen LogP contribution in [-0.2, 0) is 6.42 Å². The third-order valence-corrected chi connectivity index (χ3v) is 4.70. The number of hydrogen-bond acceptors (Lipinski definition) is 2. The summed E-state index contributed by atoms with van der Waals surface area (Å²) in [4.78, 5) is 0. The fraction of sp³-hybridized carbons (Fsp3) is 0.538. The fourth-order valence-electron chi connectivity index (χ4n) is 2.18. The van der Waals surface area contributed by atoms with Gasteiger partial charge in [0.15, 0.2) is 0 Å². The van der Waals surface area contributed by atoms with E-state index in [2.05, 4.69) is 0 Å². The largest absolute Gasteiger partial charge is 0.326 e. The Morgan fingerprint density at radius 3 is 2.82 bits per heavy atom. The topological polar surface area (TPSA) is 26.0 Å². The summed E-state index contributed by atoms with van der Waals surface area (Å²) in [6, 6.07) is 3.67. The molecular formula is C13H17F2NS. The van der Waals surface area contributed by atoms with E-state index in [9.17, 15) is 8.78 Å². The second-order valence-corrected chi connectivity index (χ2v) is 5.86. The lowest BCUT2D eigenvalue weighted by molar-refractivity contribution is 0.532. The van der Waals surface area contributed by atoms with Crippen LogP contribution in [0.4, 0.5) is 8.78 Å². The highest BCUT2D eigenvalue weighted by molar-refractivity contribution is 8.00. The van der Waals surface area contributed by atoms with Gasteiger partial charge in [0.1, 0.15) is 11.6 Å². The van der Waals surface area contributed by atoms with Crippen molar-refractivity contribution in [3.63, 3.8) is 0 Å². The van der Waals surface area contributed by atoms with E-state index in [1.807, 2.05) is 11.8 Å². The van der Waals surface area contributed by atoms with Gasteiger partial charge >= 0.3 is 0 Å². The molecule has 0 aromatic heterocycles. The number of thioether (sulfide) groups is 1. The van der Waals surface area contributed by atoms with Crippen LogP contribution >= 0.6 is 11.8 Å². The predicted molar refractivity (Wildman–Crippen MR) is 68.1 cm³/mol. The van der Waals surface area contributed by atoms with Gasteiger partial charge in [-0.15, -0.1) is 0 Å². The molecule has 1 aliphatic rings. The Bertz CT molecular complexity index is 378. The van der Waals surface area contributed by atoms with Gasteiger partial charge in [0.05, 0.1) is 0 Å². The minimum absolute atomic E-state index is 0.0414. The molecule has 0 radical (unpaired) electrons. The highest BCUT2D eigenvalue weighted by Gasteiger charge is 2.22.